The van der Waals surface area contributed by atoms with Gasteiger partial charge in [0.25, 0.3) is 5.69 Å². The molecule has 1 aromatic carbocycles. The fraction of sp³-hybridized carbons (Fsp3) is 0.286. The molecule has 0 aliphatic rings. The average Bonchev–Trinajstić information content (AvgIpc) is 2.83. The Balaban J connectivity index is 2.06. The minimum Gasteiger partial charge on any atom is -0.465 e. The van der Waals surface area contributed by atoms with Crippen molar-refractivity contribution in [2.24, 2.45) is 5.84 Å². The van der Waals surface area contributed by atoms with E-state index in [0.29, 0.717) is 18.8 Å². The molecule has 0 fully saturated rings. The number of nitrogens with two attached hydrogens (primary N) is 1. The number of nitro benzene ring substituents is 1. The summed E-state index contributed by atoms with van der Waals surface area (Å²) in [5, 5.41) is 10.8. The highest BCUT2D eigenvalue weighted by Crippen LogP contribution is 2.25. The maximum atomic E-state index is 10.8. The molecule has 1 heterocycles. The summed E-state index contributed by atoms with van der Waals surface area (Å²) in [5.74, 6) is 7.09. The standard InChI is InChI=1S/C14H18N4O3/c1-10-3-5-12(21-10)9-17(2)8-11-4-6-14(18(19)20)13(7-11)16-15/h3-7,16H,8-9,15H2,1-2H3. The smallest absolute Gasteiger partial charge is 0.293 e. The van der Waals surface area contributed by atoms with Gasteiger partial charge < -0.3 is 9.84 Å². The van der Waals surface area contributed by atoms with Crippen LogP contribution in [0.4, 0.5) is 11.4 Å². The number of hydrogen-bond donors (Lipinski definition) is 2. The van der Waals surface area contributed by atoms with Crippen molar-refractivity contribution in [1.29, 1.82) is 0 Å². The molecule has 0 saturated carbocycles. The molecule has 0 aliphatic carbocycles. The number of hydrazine groups is 1. The highest BCUT2D eigenvalue weighted by atomic mass is 16.6. The highest BCUT2D eigenvalue weighted by molar-refractivity contribution is 5.62. The van der Waals surface area contributed by atoms with Gasteiger partial charge in [-0.1, -0.05) is 6.07 Å². The van der Waals surface area contributed by atoms with Gasteiger partial charge in [0.05, 0.1) is 11.5 Å². The lowest BCUT2D eigenvalue weighted by Crippen LogP contribution is -2.17. The summed E-state index contributed by atoms with van der Waals surface area (Å²) in [5.41, 5.74) is 3.56. The minimum absolute atomic E-state index is 0.0365. The zero-order valence-electron chi connectivity index (χ0n) is 12.0. The van der Waals surface area contributed by atoms with Crippen LogP contribution in [0.25, 0.3) is 0 Å². The maximum absolute atomic E-state index is 10.8. The Morgan fingerprint density at radius 3 is 2.67 bits per heavy atom. The predicted molar refractivity (Wildman–Crippen MR) is 79.5 cm³/mol. The zero-order chi connectivity index (χ0) is 15.4. The number of nitrogen functional groups attached to an aromatic ring is 1. The van der Waals surface area contributed by atoms with Gasteiger partial charge in [-0.2, -0.15) is 0 Å². The molecule has 2 aromatic rings. The number of aryl methyl sites for hydroxylation is 1. The molecule has 2 rings (SSSR count). The summed E-state index contributed by atoms with van der Waals surface area (Å²) in [6, 6.07) is 8.72. The largest absolute Gasteiger partial charge is 0.465 e. The van der Waals surface area contributed by atoms with Crippen LogP contribution in [0.3, 0.4) is 0 Å². The van der Waals surface area contributed by atoms with E-state index >= 15 is 0 Å². The van der Waals surface area contributed by atoms with Gasteiger partial charge in [0, 0.05) is 12.6 Å². The molecular weight excluding hydrogens is 272 g/mol. The lowest BCUT2D eigenvalue weighted by Gasteiger charge is -2.15. The SMILES string of the molecule is Cc1ccc(CN(C)Cc2ccc([N+](=O)[O-])c(NN)c2)o1. The maximum Gasteiger partial charge on any atom is 0.293 e. The molecule has 3 N–H and O–H groups in total. The topological polar surface area (TPSA) is 97.6 Å². The number of nitrogens with one attached hydrogen (secondary N) is 1. The molecule has 112 valence electrons. The molecule has 7 nitrogen and oxygen atoms in total. The number of hydrogen-bond acceptors (Lipinski definition) is 6. The number of benzene rings is 1. The number of nitrogens with zero attached hydrogens (tertiary/aromatic N) is 2. The van der Waals surface area contributed by atoms with E-state index in [4.69, 9.17) is 10.3 Å². The Morgan fingerprint density at radius 2 is 2.10 bits per heavy atom. The molecule has 0 saturated heterocycles. The van der Waals surface area contributed by atoms with Crippen LogP contribution in [-0.2, 0) is 13.1 Å². The molecule has 21 heavy (non-hydrogen) atoms. The first kappa shape index (κ1) is 15.0. The van der Waals surface area contributed by atoms with Crippen molar-refractivity contribution < 1.29 is 9.34 Å². The van der Waals surface area contributed by atoms with Crippen LogP contribution >= 0.6 is 0 Å². The van der Waals surface area contributed by atoms with Crippen LogP contribution in [0.15, 0.2) is 34.7 Å². The number of rotatable bonds is 6. The minimum atomic E-state index is -0.464. The second-order valence-corrected chi connectivity index (χ2v) is 4.94. The molecule has 0 radical (unpaired) electrons. The van der Waals surface area contributed by atoms with Crippen LogP contribution in [-0.4, -0.2) is 16.9 Å². The lowest BCUT2D eigenvalue weighted by atomic mass is 10.1. The van der Waals surface area contributed by atoms with Gasteiger partial charge >= 0.3 is 0 Å². The van der Waals surface area contributed by atoms with Crippen LogP contribution in [0.2, 0.25) is 0 Å². The van der Waals surface area contributed by atoms with Crippen molar-refractivity contribution in [3.8, 4) is 0 Å². The number of furan rings is 1. The van der Waals surface area contributed by atoms with E-state index < -0.39 is 4.92 Å². The highest BCUT2D eigenvalue weighted by Gasteiger charge is 2.14. The Labute approximate surface area is 122 Å². The van der Waals surface area contributed by atoms with Gasteiger partial charge in [-0.3, -0.25) is 20.9 Å². The van der Waals surface area contributed by atoms with Gasteiger partial charge in [0.1, 0.15) is 17.2 Å². The summed E-state index contributed by atoms with van der Waals surface area (Å²) < 4.78 is 5.52. The van der Waals surface area contributed by atoms with E-state index in [1.165, 1.54) is 6.07 Å². The Morgan fingerprint density at radius 1 is 1.33 bits per heavy atom. The molecule has 0 unspecified atom stereocenters. The summed E-state index contributed by atoms with van der Waals surface area (Å²) in [4.78, 5) is 12.4. The van der Waals surface area contributed by atoms with E-state index in [0.717, 1.165) is 17.1 Å². The zero-order valence-corrected chi connectivity index (χ0v) is 12.0. The van der Waals surface area contributed by atoms with Gasteiger partial charge in [-0.05, 0) is 37.7 Å². The predicted octanol–water partition coefficient (Wildman–Crippen LogP) is 2.41. The third-order valence-corrected chi connectivity index (χ3v) is 3.09. The van der Waals surface area contributed by atoms with Gasteiger partial charge in [-0.25, -0.2) is 0 Å². The van der Waals surface area contributed by atoms with E-state index in [1.807, 2.05) is 26.1 Å². The summed E-state index contributed by atoms with van der Waals surface area (Å²) in [6.07, 6.45) is 0. The van der Waals surface area contributed by atoms with Crippen molar-refractivity contribution in [2.45, 2.75) is 20.0 Å². The second-order valence-electron chi connectivity index (χ2n) is 4.94. The molecule has 1 aromatic heterocycles. The summed E-state index contributed by atoms with van der Waals surface area (Å²) in [6.45, 7) is 3.20. The van der Waals surface area contributed by atoms with Gasteiger partial charge in [-0.15, -0.1) is 0 Å². The average molecular weight is 290 g/mol. The van der Waals surface area contributed by atoms with Crippen LogP contribution in [0.1, 0.15) is 17.1 Å². The fourth-order valence-electron chi connectivity index (χ4n) is 2.16. The molecule has 0 amide bonds. The molecule has 0 spiro atoms. The normalized spacial score (nSPS) is 10.9. The lowest BCUT2D eigenvalue weighted by molar-refractivity contribution is -0.384. The Kier molecular flexibility index (Phi) is 4.56. The first-order chi connectivity index (χ1) is 9.99. The van der Waals surface area contributed by atoms with Gasteiger partial charge in [0.2, 0.25) is 0 Å². The van der Waals surface area contributed by atoms with E-state index in [1.54, 1.807) is 12.1 Å². The third kappa shape index (κ3) is 3.80. The molecule has 0 bridgehead atoms. The Bertz CT molecular complexity index is 639. The monoisotopic (exact) mass is 290 g/mol. The number of anilines is 1. The van der Waals surface area contributed by atoms with Crippen molar-refractivity contribution in [1.82, 2.24) is 4.90 Å². The van der Waals surface area contributed by atoms with Crippen molar-refractivity contribution >= 4 is 11.4 Å². The molecule has 0 aliphatic heterocycles. The molecule has 0 atom stereocenters. The van der Waals surface area contributed by atoms with Crippen molar-refractivity contribution in [3.63, 3.8) is 0 Å². The van der Waals surface area contributed by atoms with Crippen LogP contribution < -0.4 is 11.3 Å². The molecular formula is C14H18N4O3. The molecule has 7 heteroatoms. The van der Waals surface area contributed by atoms with Crippen LogP contribution in [0.5, 0.6) is 0 Å². The Hall–Kier alpha value is -2.38. The third-order valence-electron chi connectivity index (χ3n) is 3.09. The quantitative estimate of drug-likeness (QED) is 0.481. The van der Waals surface area contributed by atoms with E-state index in [9.17, 15) is 10.1 Å². The van der Waals surface area contributed by atoms with Crippen molar-refractivity contribution in [3.05, 3.63) is 57.5 Å². The fourth-order valence-corrected chi connectivity index (χ4v) is 2.16. The number of nitro groups is 1. The second kappa shape index (κ2) is 6.38. The van der Waals surface area contributed by atoms with Gasteiger partial charge in [0.15, 0.2) is 0 Å². The van der Waals surface area contributed by atoms with E-state index in [-0.39, 0.29) is 5.69 Å². The first-order valence-corrected chi connectivity index (χ1v) is 6.47. The summed E-state index contributed by atoms with van der Waals surface area (Å²) in [7, 11) is 1.95. The van der Waals surface area contributed by atoms with Crippen molar-refractivity contribution in [2.75, 3.05) is 12.5 Å². The van der Waals surface area contributed by atoms with Crippen LogP contribution in [0, 0.1) is 17.0 Å². The van der Waals surface area contributed by atoms with E-state index in [2.05, 4.69) is 10.3 Å². The summed E-state index contributed by atoms with van der Waals surface area (Å²) >= 11 is 0. The first-order valence-electron chi connectivity index (χ1n) is 6.47.